The van der Waals surface area contributed by atoms with Gasteiger partial charge in [0.1, 0.15) is 0 Å². The predicted molar refractivity (Wildman–Crippen MR) is 87.1 cm³/mol. The molecule has 3 heteroatoms. The van der Waals surface area contributed by atoms with Crippen molar-refractivity contribution < 1.29 is 4.79 Å². The average molecular weight is 292 g/mol. The maximum Gasteiger partial charge on any atom is 0.233 e. The van der Waals surface area contributed by atoms with Crippen LogP contribution in [0.3, 0.4) is 0 Å². The first-order valence-electron chi connectivity index (χ1n) is 6.85. The summed E-state index contributed by atoms with van der Waals surface area (Å²) in [7, 11) is 0. The van der Waals surface area contributed by atoms with Gasteiger partial charge in [-0.3, -0.25) is 4.79 Å². The van der Waals surface area contributed by atoms with E-state index in [1.54, 1.807) is 6.08 Å². The van der Waals surface area contributed by atoms with Crippen molar-refractivity contribution in [3.63, 3.8) is 0 Å². The molecule has 0 radical (unpaired) electrons. The number of aryl methyl sites for hydroxylation is 1. The van der Waals surface area contributed by atoms with E-state index >= 15 is 0 Å². The molecule has 0 spiro atoms. The SMILES string of the molecule is C=CC[C@H](C(=C)Cl)C(=O)Nc1cccc(C)c1CCC. The summed E-state index contributed by atoms with van der Waals surface area (Å²) in [5.41, 5.74) is 3.24. The van der Waals surface area contributed by atoms with Crippen LogP contribution in [0.25, 0.3) is 0 Å². The number of carbonyl (C=O) groups excluding carboxylic acids is 1. The maximum absolute atomic E-state index is 12.3. The number of halogens is 1. The minimum Gasteiger partial charge on any atom is -0.325 e. The van der Waals surface area contributed by atoms with Crippen molar-refractivity contribution in [3.05, 3.63) is 53.6 Å². The molecule has 0 aliphatic carbocycles. The van der Waals surface area contributed by atoms with Crippen LogP contribution in [0.1, 0.15) is 30.9 Å². The van der Waals surface area contributed by atoms with E-state index in [-0.39, 0.29) is 5.91 Å². The third-order valence-electron chi connectivity index (χ3n) is 3.27. The summed E-state index contributed by atoms with van der Waals surface area (Å²) in [5.74, 6) is -0.572. The summed E-state index contributed by atoms with van der Waals surface area (Å²) < 4.78 is 0. The van der Waals surface area contributed by atoms with Crippen LogP contribution >= 0.6 is 11.6 Å². The molecule has 1 atom stereocenters. The predicted octanol–water partition coefficient (Wildman–Crippen LogP) is 4.83. The molecule has 0 fully saturated rings. The molecule has 0 aliphatic heterocycles. The summed E-state index contributed by atoms with van der Waals surface area (Å²) >= 11 is 5.91. The molecular formula is C17H22ClNO. The number of carbonyl (C=O) groups is 1. The maximum atomic E-state index is 12.3. The minimum atomic E-state index is -0.441. The van der Waals surface area contributed by atoms with Gasteiger partial charge in [-0.05, 0) is 37.0 Å². The standard InChI is InChI=1S/C17H22ClNO/c1-5-8-14-12(3)10-7-11-16(14)19-17(20)15(9-6-2)13(4)18/h6-7,10-11,15H,2,4-5,8-9H2,1,3H3,(H,19,20)/t15-/m1/s1. The van der Waals surface area contributed by atoms with Gasteiger partial charge in [0.25, 0.3) is 0 Å². The second-order valence-electron chi connectivity index (χ2n) is 4.86. The number of rotatable bonds is 7. The van der Waals surface area contributed by atoms with Crippen LogP contribution in [0, 0.1) is 12.8 Å². The average Bonchev–Trinajstić information content (AvgIpc) is 2.39. The number of anilines is 1. The number of hydrogen-bond acceptors (Lipinski definition) is 1. The molecule has 0 saturated heterocycles. The fraction of sp³-hybridized carbons (Fsp3) is 0.353. The molecule has 0 saturated carbocycles. The van der Waals surface area contributed by atoms with Crippen LogP contribution in [-0.4, -0.2) is 5.91 Å². The fourth-order valence-electron chi connectivity index (χ4n) is 2.16. The normalized spacial score (nSPS) is 11.8. The molecule has 0 aromatic heterocycles. The van der Waals surface area contributed by atoms with Gasteiger partial charge in [-0.1, -0.05) is 49.7 Å². The van der Waals surface area contributed by atoms with Crippen molar-refractivity contribution in [2.75, 3.05) is 5.32 Å². The van der Waals surface area contributed by atoms with E-state index in [0.717, 1.165) is 18.5 Å². The lowest BCUT2D eigenvalue weighted by molar-refractivity contribution is -0.118. The smallest absolute Gasteiger partial charge is 0.233 e. The van der Waals surface area contributed by atoms with Gasteiger partial charge >= 0.3 is 0 Å². The molecule has 0 aliphatic rings. The Bertz CT molecular complexity index is 508. The summed E-state index contributed by atoms with van der Waals surface area (Å²) in [4.78, 5) is 12.3. The van der Waals surface area contributed by atoms with Crippen molar-refractivity contribution in [2.45, 2.75) is 33.1 Å². The van der Waals surface area contributed by atoms with Crippen LogP contribution in [-0.2, 0) is 11.2 Å². The topological polar surface area (TPSA) is 29.1 Å². The van der Waals surface area contributed by atoms with Crippen LogP contribution < -0.4 is 5.32 Å². The number of benzene rings is 1. The van der Waals surface area contributed by atoms with E-state index in [0.29, 0.717) is 11.5 Å². The quantitative estimate of drug-likeness (QED) is 0.716. The van der Waals surface area contributed by atoms with Gasteiger partial charge in [-0.2, -0.15) is 0 Å². The second-order valence-corrected chi connectivity index (χ2v) is 5.35. The highest BCUT2D eigenvalue weighted by Crippen LogP contribution is 2.24. The summed E-state index contributed by atoms with van der Waals surface area (Å²) in [6, 6.07) is 5.93. The van der Waals surface area contributed by atoms with Crippen molar-refractivity contribution in [1.29, 1.82) is 0 Å². The highest BCUT2D eigenvalue weighted by molar-refractivity contribution is 6.31. The zero-order valence-corrected chi connectivity index (χ0v) is 13.0. The van der Waals surface area contributed by atoms with Gasteiger partial charge < -0.3 is 5.32 Å². The minimum absolute atomic E-state index is 0.132. The van der Waals surface area contributed by atoms with E-state index in [1.165, 1.54) is 11.1 Å². The molecule has 1 N–H and O–H groups in total. The van der Waals surface area contributed by atoms with Gasteiger partial charge in [0.15, 0.2) is 0 Å². The Hall–Kier alpha value is -1.54. The third kappa shape index (κ3) is 4.24. The van der Waals surface area contributed by atoms with Crippen LogP contribution in [0.15, 0.2) is 42.5 Å². The number of nitrogens with one attached hydrogen (secondary N) is 1. The molecule has 1 rings (SSSR count). The molecular weight excluding hydrogens is 270 g/mol. The first kappa shape index (κ1) is 16.5. The molecule has 1 aromatic rings. The molecule has 20 heavy (non-hydrogen) atoms. The third-order valence-corrected chi connectivity index (χ3v) is 3.53. The van der Waals surface area contributed by atoms with Gasteiger partial charge in [-0.15, -0.1) is 6.58 Å². The van der Waals surface area contributed by atoms with E-state index < -0.39 is 5.92 Å². The van der Waals surface area contributed by atoms with Crippen molar-refractivity contribution >= 4 is 23.2 Å². The molecule has 0 heterocycles. The van der Waals surface area contributed by atoms with Gasteiger partial charge in [0.2, 0.25) is 5.91 Å². The Labute approximate surface area is 126 Å². The molecule has 1 aromatic carbocycles. The monoisotopic (exact) mass is 291 g/mol. The Kier molecular flexibility index (Phi) is 6.53. The second kappa shape index (κ2) is 7.91. The fourth-order valence-corrected chi connectivity index (χ4v) is 2.35. The molecule has 108 valence electrons. The molecule has 1 amide bonds. The van der Waals surface area contributed by atoms with Gasteiger partial charge in [0, 0.05) is 10.7 Å². The van der Waals surface area contributed by atoms with Crippen LogP contribution in [0.4, 0.5) is 5.69 Å². The largest absolute Gasteiger partial charge is 0.325 e. The van der Waals surface area contributed by atoms with E-state index in [2.05, 4.69) is 38.4 Å². The first-order chi connectivity index (χ1) is 9.51. The number of hydrogen-bond donors (Lipinski definition) is 1. The van der Waals surface area contributed by atoms with Crippen molar-refractivity contribution in [2.24, 2.45) is 5.92 Å². The zero-order chi connectivity index (χ0) is 15.1. The van der Waals surface area contributed by atoms with E-state index in [4.69, 9.17) is 11.6 Å². The molecule has 2 nitrogen and oxygen atoms in total. The van der Waals surface area contributed by atoms with Gasteiger partial charge in [-0.25, -0.2) is 0 Å². The summed E-state index contributed by atoms with van der Waals surface area (Å²) in [6.45, 7) is 11.5. The van der Waals surface area contributed by atoms with Crippen molar-refractivity contribution in [1.82, 2.24) is 0 Å². The Morgan fingerprint density at radius 2 is 2.20 bits per heavy atom. The van der Waals surface area contributed by atoms with Crippen LogP contribution in [0.2, 0.25) is 0 Å². The lowest BCUT2D eigenvalue weighted by Crippen LogP contribution is -2.23. The molecule has 0 bridgehead atoms. The first-order valence-corrected chi connectivity index (χ1v) is 7.23. The summed E-state index contributed by atoms with van der Waals surface area (Å²) in [6.07, 6.45) is 4.15. The highest BCUT2D eigenvalue weighted by Gasteiger charge is 2.20. The van der Waals surface area contributed by atoms with E-state index in [9.17, 15) is 4.79 Å². The zero-order valence-electron chi connectivity index (χ0n) is 12.2. The number of allylic oxidation sites excluding steroid dienone is 1. The van der Waals surface area contributed by atoms with E-state index in [1.807, 2.05) is 12.1 Å². The Morgan fingerprint density at radius 1 is 1.50 bits per heavy atom. The van der Waals surface area contributed by atoms with Crippen LogP contribution in [0.5, 0.6) is 0 Å². The number of amides is 1. The van der Waals surface area contributed by atoms with Gasteiger partial charge in [0.05, 0.1) is 5.92 Å². The Morgan fingerprint density at radius 3 is 2.75 bits per heavy atom. The Balaban J connectivity index is 2.97. The van der Waals surface area contributed by atoms with Crippen molar-refractivity contribution in [3.8, 4) is 0 Å². The lowest BCUT2D eigenvalue weighted by Gasteiger charge is -2.17. The lowest BCUT2D eigenvalue weighted by atomic mass is 10.0. The summed E-state index contributed by atoms with van der Waals surface area (Å²) in [5, 5.41) is 3.31. The molecule has 0 unspecified atom stereocenters. The highest BCUT2D eigenvalue weighted by atomic mass is 35.5.